The summed E-state index contributed by atoms with van der Waals surface area (Å²) in [5, 5.41) is 10.5. The second-order valence-corrected chi connectivity index (χ2v) is 7.08. The van der Waals surface area contributed by atoms with Crippen LogP contribution in [0, 0.1) is 11.6 Å². The number of thiocarbonyl (C=S) groups is 1. The summed E-state index contributed by atoms with van der Waals surface area (Å²) in [4.78, 5) is 10.6. The summed E-state index contributed by atoms with van der Waals surface area (Å²) >= 11 is 5.64. The van der Waals surface area contributed by atoms with Gasteiger partial charge in [0.25, 0.3) is 0 Å². The van der Waals surface area contributed by atoms with Crippen LogP contribution in [0.3, 0.4) is 0 Å². The highest BCUT2D eigenvalue weighted by Gasteiger charge is 2.35. The lowest BCUT2D eigenvalue weighted by molar-refractivity contribution is 0.278. The van der Waals surface area contributed by atoms with E-state index in [0.717, 1.165) is 22.7 Å². The molecule has 0 radical (unpaired) electrons. The zero-order chi connectivity index (χ0) is 21.6. The molecular weight excluding hydrogens is 414 g/mol. The molecule has 3 aromatic rings. The van der Waals surface area contributed by atoms with Crippen molar-refractivity contribution in [2.45, 2.75) is 20.1 Å². The number of anilines is 2. The largest absolute Gasteiger partial charge is 0.493 e. The maximum absolute atomic E-state index is 15.1. The summed E-state index contributed by atoms with van der Waals surface area (Å²) in [5.74, 6) is -2.02. The summed E-state index contributed by atoms with van der Waals surface area (Å²) < 4.78 is 40.4. The van der Waals surface area contributed by atoms with Gasteiger partial charge in [0.05, 0.1) is 33.1 Å². The molecule has 0 aliphatic carbocycles. The third kappa shape index (κ3) is 2.94. The van der Waals surface area contributed by atoms with Crippen molar-refractivity contribution in [2.75, 3.05) is 30.6 Å². The summed E-state index contributed by atoms with van der Waals surface area (Å²) in [6.07, 6.45) is 1.64. The molecule has 3 heterocycles. The van der Waals surface area contributed by atoms with Crippen molar-refractivity contribution in [2.24, 2.45) is 0 Å². The molecule has 2 aromatic heterocycles. The Hall–Kier alpha value is -2.98. The number of aromatic amines is 1. The summed E-state index contributed by atoms with van der Waals surface area (Å²) in [5.41, 5.74) is 2.42. The molecule has 0 atom stereocenters. The van der Waals surface area contributed by atoms with Crippen molar-refractivity contribution in [3.05, 3.63) is 41.2 Å². The quantitative estimate of drug-likeness (QED) is 0.596. The van der Waals surface area contributed by atoms with Gasteiger partial charge in [-0.2, -0.15) is 0 Å². The van der Waals surface area contributed by atoms with Crippen LogP contribution in [0.5, 0.6) is 11.5 Å². The second-order valence-electron chi connectivity index (χ2n) is 6.72. The van der Waals surface area contributed by atoms with Crippen molar-refractivity contribution in [1.29, 1.82) is 0 Å². The van der Waals surface area contributed by atoms with Crippen molar-refractivity contribution in [3.63, 3.8) is 0 Å². The number of aliphatic hydroxyl groups excluding tert-OH is 1. The van der Waals surface area contributed by atoms with Gasteiger partial charge in [-0.15, -0.1) is 0 Å². The van der Waals surface area contributed by atoms with Crippen LogP contribution in [0.25, 0.3) is 11.0 Å². The number of fused-ring (bicyclic) bond motifs is 3. The number of rotatable bonds is 5. The minimum atomic E-state index is -0.865. The third-order valence-corrected chi connectivity index (χ3v) is 5.57. The average molecular weight is 434 g/mol. The third-order valence-electron chi connectivity index (χ3n) is 5.13. The Labute approximate surface area is 176 Å². The van der Waals surface area contributed by atoms with E-state index < -0.39 is 11.6 Å². The number of nitrogens with one attached hydrogen (secondary N) is 1. The van der Waals surface area contributed by atoms with Crippen molar-refractivity contribution in [3.8, 4) is 11.5 Å². The van der Waals surface area contributed by atoms with Crippen LogP contribution in [-0.4, -0.2) is 41.0 Å². The van der Waals surface area contributed by atoms with E-state index in [1.807, 2.05) is 6.92 Å². The lowest BCUT2D eigenvalue weighted by Crippen LogP contribution is -2.48. The molecule has 0 saturated heterocycles. The molecule has 158 valence electrons. The molecule has 0 spiro atoms. The van der Waals surface area contributed by atoms with Gasteiger partial charge in [0.1, 0.15) is 11.3 Å². The van der Waals surface area contributed by atoms with Crippen LogP contribution < -0.4 is 19.3 Å². The van der Waals surface area contributed by atoms with Gasteiger partial charge in [0, 0.05) is 35.5 Å². The molecule has 2 N–H and O–H groups in total. The van der Waals surface area contributed by atoms with Gasteiger partial charge >= 0.3 is 0 Å². The first-order valence-corrected chi connectivity index (χ1v) is 9.65. The molecule has 0 saturated carbocycles. The van der Waals surface area contributed by atoms with Gasteiger partial charge in [-0.3, -0.25) is 0 Å². The zero-order valence-corrected chi connectivity index (χ0v) is 17.4. The highest BCUT2D eigenvalue weighted by atomic mass is 32.1. The highest BCUT2D eigenvalue weighted by Crippen LogP contribution is 2.42. The standard InChI is InChI=1S/C20H20F2N4O3S/c1-4-25-17-10(7-23-19-12(17)5-11(9-27)24-19)8-26(20(25)30)18-15(21)13(28-2)6-14(29-3)16(18)22/h5-7,27H,4,8-9H2,1-3H3,(H,23,24). The predicted octanol–water partition coefficient (Wildman–Crippen LogP) is 3.48. The van der Waals surface area contributed by atoms with Crippen LogP contribution in [0.15, 0.2) is 18.3 Å². The Kier molecular flexibility index (Phi) is 5.20. The Morgan fingerprint density at radius 1 is 1.17 bits per heavy atom. The van der Waals surface area contributed by atoms with Gasteiger partial charge in [0.15, 0.2) is 28.2 Å². The number of nitrogens with zero attached hydrogens (tertiary/aromatic N) is 3. The summed E-state index contributed by atoms with van der Waals surface area (Å²) in [6.45, 7) is 2.31. The molecule has 10 heteroatoms. The number of halogens is 2. The number of hydrogen-bond donors (Lipinski definition) is 2. The SMILES string of the molecule is CCN1C(=S)N(c2c(F)c(OC)cc(OC)c2F)Cc2cnc3[nH]c(CO)cc3c21. The predicted molar refractivity (Wildman–Crippen MR) is 113 cm³/mol. The van der Waals surface area contributed by atoms with Gasteiger partial charge in [-0.25, -0.2) is 13.8 Å². The van der Waals surface area contributed by atoms with Gasteiger partial charge in [-0.05, 0) is 25.2 Å². The van der Waals surface area contributed by atoms with Crippen LogP contribution in [0.4, 0.5) is 20.2 Å². The van der Waals surface area contributed by atoms with Crippen molar-refractivity contribution in [1.82, 2.24) is 9.97 Å². The van der Waals surface area contributed by atoms with E-state index in [4.69, 9.17) is 21.7 Å². The lowest BCUT2D eigenvalue weighted by atomic mass is 10.1. The number of hydrogen-bond acceptors (Lipinski definition) is 5. The Morgan fingerprint density at radius 3 is 2.40 bits per heavy atom. The smallest absolute Gasteiger partial charge is 0.192 e. The van der Waals surface area contributed by atoms with Crippen molar-refractivity contribution >= 4 is 39.7 Å². The van der Waals surface area contributed by atoms with E-state index in [2.05, 4.69) is 9.97 Å². The molecular formula is C20H20F2N4O3S. The van der Waals surface area contributed by atoms with Gasteiger partial charge < -0.3 is 29.4 Å². The molecule has 0 bridgehead atoms. The molecule has 0 unspecified atom stereocenters. The van der Waals surface area contributed by atoms with Crippen molar-refractivity contribution < 1.29 is 23.4 Å². The first-order valence-electron chi connectivity index (χ1n) is 9.24. The van der Waals surface area contributed by atoms with E-state index in [1.54, 1.807) is 17.2 Å². The number of benzene rings is 1. The fourth-order valence-corrected chi connectivity index (χ4v) is 4.11. The number of methoxy groups -OCH3 is 2. The molecule has 30 heavy (non-hydrogen) atoms. The Bertz CT molecular complexity index is 1120. The van der Waals surface area contributed by atoms with E-state index in [-0.39, 0.29) is 35.5 Å². The maximum Gasteiger partial charge on any atom is 0.192 e. The lowest BCUT2D eigenvalue weighted by Gasteiger charge is -2.39. The zero-order valence-electron chi connectivity index (χ0n) is 16.6. The number of pyridine rings is 1. The van der Waals surface area contributed by atoms with Crippen LogP contribution in [0.2, 0.25) is 0 Å². The molecule has 0 fully saturated rings. The normalized spacial score (nSPS) is 13.7. The topological polar surface area (TPSA) is 73.8 Å². The number of ether oxygens (including phenoxy) is 2. The number of H-pyrrole nitrogens is 1. The first kappa shape index (κ1) is 20.3. The van der Waals surface area contributed by atoms with E-state index in [1.165, 1.54) is 19.1 Å². The fraction of sp³-hybridized carbons (Fsp3) is 0.300. The fourth-order valence-electron chi connectivity index (χ4n) is 3.73. The van der Waals surface area contributed by atoms with Crippen LogP contribution >= 0.6 is 12.2 Å². The number of aliphatic hydroxyl groups is 1. The second kappa shape index (κ2) is 7.69. The Morgan fingerprint density at radius 2 is 1.83 bits per heavy atom. The molecule has 1 aliphatic heterocycles. The first-order chi connectivity index (χ1) is 14.4. The highest BCUT2D eigenvalue weighted by molar-refractivity contribution is 7.80. The van der Waals surface area contributed by atoms with Crippen LogP contribution in [0.1, 0.15) is 18.2 Å². The minimum Gasteiger partial charge on any atom is -0.493 e. The monoisotopic (exact) mass is 434 g/mol. The minimum absolute atomic E-state index is 0.109. The maximum atomic E-state index is 15.1. The molecule has 1 aromatic carbocycles. The molecule has 4 rings (SSSR count). The van der Waals surface area contributed by atoms with Gasteiger partial charge in [0.2, 0.25) is 0 Å². The van der Waals surface area contributed by atoms with Crippen LogP contribution in [-0.2, 0) is 13.2 Å². The van der Waals surface area contributed by atoms with E-state index in [0.29, 0.717) is 17.9 Å². The average Bonchev–Trinajstić information content (AvgIpc) is 3.18. The molecule has 7 nitrogen and oxygen atoms in total. The molecule has 0 amide bonds. The summed E-state index contributed by atoms with van der Waals surface area (Å²) in [7, 11) is 2.60. The van der Waals surface area contributed by atoms with E-state index >= 15 is 8.78 Å². The number of aromatic nitrogens is 2. The van der Waals surface area contributed by atoms with E-state index in [9.17, 15) is 5.11 Å². The van der Waals surface area contributed by atoms with Gasteiger partial charge in [-0.1, -0.05) is 0 Å². The summed E-state index contributed by atoms with van der Waals surface area (Å²) in [6, 6.07) is 2.96. The Balaban J connectivity index is 1.91. The molecule has 1 aliphatic rings.